The fourth-order valence-corrected chi connectivity index (χ4v) is 3.97. The normalized spacial score (nSPS) is 18.6. The molecule has 2 aliphatic rings. The Balaban J connectivity index is 1.40. The number of anilines is 1. The van der Waals surface area contributed by atoms with E-state index in [0.29, 0.717) is 16.7 Å². The number of ether oxygens (including phenoxy) is 2. The minimum atomic E-state index is -4.87. The van der Waals surface area contributed by atoms with Crippen LogP contribution in [-0.4, -0.2) is 41.1 Å². The lowest BCUT2D eigenvalue weighted by molar-refractivity contribution is -0.274. The number of fused-ring (bicyclic) bond motifs is 1. The van der Waals surface area contributed by atoms with Crippen LogP contribution in [0.15, 0.2) is 42.5 Å². The average molecular weight is 491 g/mol. The van der Waals surface area contributed by atoms with E-state index in [1.165, 1.54) is 17.0 Å². The molecule has 35 heavy (non-hydrogen) atoms. The standard InChI is InChI=1S/C23H20F3N3O6/c1-12(34-22(33)27-15-3-2-4-16(10-15)35-23(24,25)26)13-5-6-14-11-29(21(32)17(14)9-13)18-7-8-19(30)28-20(18)31/h2-6,9-10,12,18H,7-8,11H2,1H3,(H,27,33)(H,28,30,31). The summed E-state index contributed by atoms with van der Waals surface area (Å²) < 4.78 is 46.3. The van der Waals surface area contributed by atoms with E-state index in [9.17, 15) is 32.3 Å². The van der Waals surface area contributed by atoms with Crippen molar-refractivity contribution in [1.29, 1.82) is 0 Å². The van der Waals surface area contributed by atoms with Crippen LogP contribution in [-0.2, 0) is 20.9 Å². The molecule has 184 valence electrons. The monoisotopic (exact) mass is 491 g/mol. The van der Waals surface area contributed by atoms with Crippen molar-refractivity contribution in [2.45, 2.75) is 44.8 Å². The SMILES string of the molecule is CC(OC(=O)Nc1cccc(OC(F)(F)F)c1)c1ccc2c(c1)C(=O)N(C1CCC(=O)NC1=O)C2. The predicted octanol–water partition coefficient (Wildman–Crippen LogP) is 3.66. The summed E-state index contributed by atoms with van der Waals surface area (Å²) in [6.07, 6.45) is -6.20. The van der Waals surface area contributed by atoms with E-state index < -0.39 is 36.3 Å². The van der Waals surface area contributed by atoms with Crippen LogP contribution < -0.4 is 15.4 Å². The highest BCUT2D eigenvalue weighted by Crippen LogP contribution is 2.31. The van der Waals surface area contributed by atoms with Gasteiger partial charge in [0.1, 0.15) is 17.9 Å². The summed E-state index contributed by atoms with van der Waals surface area (Å²) >= 11 is 0. The van der Waals surface area contributed by atoms with Crippen LogP contribution in [0, 0.1) is 0 Å². The van der Waals surface area contributed by atoms with Crippen molar-refractivity contribution in [1.82, 2.24) is 10.2 Å². The molecule has 4 rings (SSSR count). The van der Waals surface area contributed by atoms with E-state index in [1.54, 1.807) is 25.1 Å². The minimum absolute atomic E-state index is 0.0352. The van der Waals surface area contributed by atoms with Crippen molar-refractivity contribution >= 4 is 29.5 Å². The van der Waals surface area contributed by atoms with Crippen molar-refractivity contribution in [3.8, 4) is 5.75 Å². The molecule has 2 atom stereocenters. The fraction of sp³-hybridized carbons (Fsp3) is 0.304. The summed E-state index contributed by atoms with van der Waals surface area (Å²) in [5.41, 5.74) is 1.60. The first kappa shape index (κ1) is 24.0. The molecule has 9 nitrogen and oxygen atoms in total. The van der Waals surface area contributed by atoms with Crippen molar-refractivity contribution < 1.29 is 41.8 Å². The molecule has 0 radical (unpaired) electrons. The highest BCUT2D eigenvalue weighted by molar-refractivity contribution is 6.05. The number of carbonyl (C=O) groups excluding carboxylic acids is 4. The van der Waals surface area contributed by atoms with Crippen LogP contribution in [0.3, 0.4) is 0 Å². The van der Waals surface area contributed by atoms with E-state index in [-0.39, 0.29) is 36.9 Å². The molecule has 12 heteroatoms. The second-order valence-corrected chi connectivity index (χ2v) is 8.06. The third-order valence-electron chi connectivity index (χ3n) is 5.62. The first-order chi connectivity index (χ1) is 16.5. The van der Waals surface area contributed by atoms with Gasteiger partial charge in [0, 0.05) is 30.3 Å². The molecule has 0 aliphatic carbocycles. The summed E-state index contributed by atoms with van der Waals surface area (Å²) in [6, 6.07) is 8.93. The maximum absolute atomic E-state index is 12.9. The van der Waals surface area contributed by atoms with Gasteiger partial charge in [-0.15, -0.1) is 13.2 Å². The molecular formula is C23H20F3N3O6. The fourth-order valence-electron chi connectivity index (χ4n) is 3.97. The Morgan fingerprint density at radius 3 is 2.66 bits per heavy atom. The maximum atomic E-state index is 12.9. The van der Waals surface area contributed by atoms with Gasteiger partial charge in [-0.1, -0.05) is 18.2 Å². The third kappa shape index (κ3) is 5.53. The second kappa shape index (κ2) is 9.28. The molecule has 2 heterocycles. The number of benzene rings is 2. The Kier molecular flexibility index (Phi) is 6.37. The Morgan fingerprint density at radius 1 is 1.17 bits per heavy atom. The predicted molar refractivity (Wildman–Crippen MR) is 114 cm³/mol. The van der Waals surface area contributed by atoms with Crippen molar-refractivity contribution in [3.05, 3.63) is 59.2 Å². The van der Waals surface area contributed by atoms with Crippen molar-refractivity contribution in [2.75, 3.05) is 5.32 Å². The van der Waals surface area contributed by atoms with Gasteiger partial charge in [-0.25, -0.2) is 4.79 Å². The van der Waals surface area contributed by atoms with Crippen LogP contribution in [0.4, 0.5) is 23.7 Å². The molecule has 2 N–H and O–H groups in total. The van der Waals surface area contributed by atoms with E-state index >= 15 is 0 Å². The van der Waals surface area contributed by atoms with Crippen LogP contribution in [0.25, 0.3) is 0 Å². The molecule has 1 fully saturated rings. The van der Waals surface area contributed by atoms with Gasteiger partial charge < -0.3 is 14.4 Å². The molecule has 0 spiro atoms. The molecule has 2 aliphatic heterocycles. The van der Waals surface area contributed by atoms with E-state index in [2.05, 4.69) is 15.4 Å². The van der Waals surface area contributed by atoms with Gasteiger partial charge in [-0.3, -0.25) is 25.0 Å². The number of amides is 4. The van der Waals surface area contributed by atoms with Crippen LogP contribution in [0.2, 0.25) is 0 Å². The molecule has 2 aromatic carbocycles. The van der Waals surface area contributed by atoms with Gasteiger partial charge >= 0.3 is 12.5 Å². The highest BCUT2D eigenvalue weighted by atomic mass is 19.4. The van der Waals surface area contributed by atoms with Gasteiger partial charge in [0.2, 0.25) is 11.8 Å². The Labute approximate surface area is 197 Å². The van der Waals surface area contributed by atoms with Crippen LogP contribution >= 0.6 is 0 Å². The molecule has 0 saturated carbocycles. The lowest BCUT2D eigenvalue weighted by Crippen LogP contribution is -2.52. The zero-order valence-electron chi connectivity index (χ0n) is 18.3. The Bertz CT molecular complexity index is 1200. The quantitative estimate of drug-likeness (QED) is 0.618. The number of piperidine rings is 1. The number of nitrogens with zero attached hydrogens (tertiary/aromatic N) is 1. The number of halogens is 3. The van der Waals surface area contributed by atoms with Gasteiger partial charge in [-0.2, -0.15) is 0 Å². The molecular weight excluding hydrogens is 471 g/mol. The highest BCUT2D eigenvalue weighted by Gasteiger charge is 2.39. The molecule has 4 amide bonds. The molecule has 0 aromatic heterocycles. The first-order valence-corrected chi connectivity index (χ1v) is 10.6. The largest absolute Gasteiger partial charge is 0.573 e. The Morgan fingerprint density at radius 2 is 1.94 bits per heavy atom. The van der Waals surface area contributed by atoms with Crippen molar-refractivity contribution in [3.63, 3.8) is 0 Å². The third-order valence-corrected chi connectivity index (χ3v) is 5.62. The summed E-state index contributed by atoms with van der Waals surface area (Å²) in [6.45, 7) is 1.79. The van der Waals surface area contributed by atoms with Gasteiger partial charge in [0.25, 0.3) is 5.91 Å². The number of nitrogens with one attached hydrogen (secondary N) is 2. The van der Waals surface area contributed by atoms with Crippen molar-refractivity contribution in [2.24, 2.45) is 0 Å². The van der Waals surface area contributed by atoms with Gasteiger partial charge in [-0.05, 0) is 42.7 Å². The number of carbonyl (C=O) groups is 4. The van der Waals surface area contributed by atoms with Crippen LogP contribution in [0.1, 0.15) is 47.4 Å². The van der Waals surface area contributed by atoms with Crippen LogP contribution in [0.5, 0.6) is 5.75 Å². The maximum Gasteiger partial charge on any atom is 0.573 e. The number of rotatable bonds is 5. The summed E-state index contributed by atoms with van der Waals surface area (Å²) in [5.74, 6) is -1.75. The zero-order chi connectivity index (χ0) is 25.3. The minimum Gasteiger partial charge on any atom is -0.441 e. The summed E-state index contributed by atoms with van der Waals surface area (Å²) in [4.78, 5) is 50.2. The van der Waals surface area contributed by atoms with E-state index in [4.69, 9.17) is 4.74 Å². The molecule has 1 saturated heterocycles. The molecule has 2 unspecified atom stereocenters. The number of hydrogen-bond acceptors (Lipinski definition) is 6. The number of hydrogen-bond donors (Lipinski definition) is 2. The molecule has 0 bridgehead atoms. The van der Waals surface area contributed by atoms with Gasteiger partial charge in [0.15, 0.2) is 0 Å². The number of alkyl halides is 3. The van der Waals surface area contributed by atoms with E-state index in [1.807, 2.05) is 0 Å². The van der Waals surface area contributed by atoms with E-state index in [0.717, 1.165) is 12.1 Å². The lowest BCUT2D eigenvalue weighted by atomic mass is 10.0. The number of imide groups is 1. The van der Waals surface area contributed by atoms with Gasteiger partial charge in [0.05, 0.1) is 0 Å². The Hall–Kier alpha value is -4.09. The summed E-state index contributed by atoms with van der Waals surface area (Å²) in [5, 5.41) is 4.57. The second-order valence-electron chi connectivity index (χ2n) is 8.06. The zero-order valence-corrected chi connectivity index (χ0v) is 18.3. The first-order valence-electron chi connectivity index (χ1n) is 10.6. The summed E-state index contributed by atoms with van der Waals surface area (Å²) in [7, 11) is 0. The smallest absolute Gasteiger partial charge is 0.441 e. The molecule has 2 aromatic rings. The lowest BCUT2D eigenvalue weighted by Gasteiger charge is -2.29. The topological polar surface area (TPSA) is 114 Å². The average Bonchev–Trinajstić information content (AvgIpc) is 3.08.